The van der Waals surface area contributed by atoms with Crippen LogP contribution < -0.4 is 10.1 Å². The van der Waals surface area contributed by atoms with Crippen LogP contribution in [-0.2, 0) is 17.4 Å². The van der Waals surface area contributed by atoms with Crippen LogP contribution >= 0.6 is 0 Å². The lowest BCUT2D eigenvalue weighted by molar-refractivity contribution is 0.319. The SMILES string of the molecule is CCNCc1cc(C(C)(C)C)c(OCC)c(C(C)(C)C)c1. The van der Waals surface area contributed by atoms with Crippen molar-refractivity contribution >= 4 is 0 Å². The van der Waals surface area contributed by atoms with Gasteiger partial charge in [-0.25, -0.2) is 0 Å². The molecule has 21 heavy (non-hydrogen) atoms. The average molecular weight is 291 g/mol. The van der Waals surface area contributed by atoms with E-state index in [9.17, 15) is 0 Å². The summed E-state index contributed by atoms with van der Waals surface area (Å²) < 4.78 is 6.06. The van der Waals surface area contributed by atoms with E-state index in [0.29, 0.717) is 6.61 Å². The van der Waals surface area contributed by atoms with Gasteiger partial charge in [-0.05, 0) is 29.9 Å². The second-order valence-electron chi connectivity index (χ2n) is 7.73. The summed E-state index contributed by atoms with van der Waals surface area (Å²) in [5.41, 5.74) is 4.11. The minimum absolute atomic E-state index is 0.0761. The van der Waals surface area contributed by atoms with E-state index < -0.39 is 0 Å². The van der Waals surface area contributed by atoms with Crippen molar-refractivity contribution in [2.45, 2.75) is 72.8 Å². The molecule has 1 aromatic rings. The van der Waals surface area contributed by atoms with Gasteiger partial charge in [0.2, 0.25) is 0 Å². The first-order chi connectivity index (χ1) is 9.61. The summed E-state index contributed by atoms with van der Waals surface area (Å²) >= 11 is 0. The molecule has 0 heterocycles. The Bertz CT molecular complexity index is 428. The number of benzene rings is 1. The van der Waals surface area contributed by atoms with Gasteiger partial charge < -0.3 is 10.1 Å². The Morgan fingerprint density at radius 3 is 1.71 bits per heavy atom. The maximum absolute atomic E-state index is 6.06. The standard InChI is InChI=1S/C19H33NO/c1-9-20-13-14-11-15(18(3,4)5)17(21-10-2)16(12-14)19(6,7)8/h11-12,20H,9-10,13H2,1-8H3. The van der Waals surface area contributed by atoms with Gasteiger partial charge in [-0.3, -0.25) is 0 Å². The predicted octanol–water partition coefficient (Wildman–Crippen LogP) is 4.79. The van der Waals surface area contributed by atoms with E-state index in [4.69, 9.17) is 4.74 Å². The van der Waals surface area contributed by atoms with Crippen LogP contribution in [0.1, 0.15) is 72.1 Å². The van der Waals surface area contributed by atoms with Crippen LogP contribution in [0.15, 0.2) is 12.1 Å². The summed E-state index contributed by atoms with van der Waals surface area (Å²) in [5, 5.41) is 3.43. The van der Waals surface area contributed by atoms with Crippen LogP contribution in [0.5, 0.6) is 5.75 Å². The Morgan fingerprint density at radius 2 is 1.38 bits per heavy atom. The molecule has 0 aliphatic rings. The van der Waals surface area contributed by atoms with Gasteiger partial charge in [-0.2, -0.15) is 0 Å². The maximum Gasteiger partial charge on any atom is 0.126 e. The van der Waals surface area contributed by atoms with Crippen LogP contribution in [0.4, 0.5) is 0 Å². The molecule has 0 fully saturated rings. The molecule has 0 spiro atoms. The van der Waals surface area contributed by atoms with Gasteiger partial charge in [0.05, 0.1) is 6.61 Å². The van der Waals surface area contributed by atoms with E-state index >= 15 is 0 Å². The lowest BCUT2D eigenvalue weighted by atomic mass is 9.78. The van der Waals surface area contributed by atoms with Crippen molar-refractivity contribution in [3.8, 4) is 5.75 Å². The lowest BCUT2D eigenvalue weighted by Gasteiger charge is -2.30. The third kappa shape index (κ3) is 4.74. The second kappa shape index (κ2) is 6.83. The summed E-state index contributed by atoms with van der Waals surface area (Å²) in [6.07, 6.45) is 0. The Balaban J connectivity index is 3.50. The number of ether oxygens (including phenoxy) is 1. The Kier molecular flexibility index (Phi) is 5.86. The molecule has 1 N–H and O–H groups in total. The van der Waals surface area contributed by atoms with Crippen molar-refractivity contribution in [3.05, 3.63) is 28.8 Å². The fraction of sp³-hybridized carbons (Fsp3) is 0.684. The van der Waals surface area contributed by atoms with Gasteiger partial charge in [-0.15, -0.1) is 0 Å². The van der Waals surface area contributed by atoms with Crippen molar-refractivity contribution in [1.29, 1.82) is 0 Å². The molecular formula is C19H33NO. The molecular weight excluding hydrogens is 258 g/mol. The van der Waals surface area contributed by atoms with Gasteiger partial charge in [0, 0.05) is 17.7 Å². The molecule has 0 aliphatic heterocycles. The highest BCUT2D eigenvalue weighted by molar-refractivity contribution is 5.50. The van der Waals surface area contributed by atoms with Crippen LogP contribution in [0.2, 0.25) is 0 Å². The largest absolute Gasteiger partial charge is 0.493 e. The van der Waals surface area contributed by atoms with E-state index in [1.807, 2.05) is 0 Å². The molecule has 2 nitrogen and oxygen atoms in total. The normalized spacial score (nSPS) is 12.6. The fourth-order valence-corrected chi connectivity index (χ4v) is 2.47. The maximum atomic E-state index is 6.06. The summed E-state index contributed by atoms with van der Waals surface area (Å²) in [5.74, 6) is 1.08. The van der Waals surface area contributed by atoms with Crippen LogP contribution in [0.3, 0.4) is 0 Å². The first-order valence-electron chi connectivity index (χ1n) is 8.12. The van der Waals surface area contributed by atoms with Crippen molar-refractivity contribution in [2.24, 2.45) is 0 Å². The van der Waals surface area contributed by atoms with Crippen molar-refractivity contribution < 1.29 is 4.74 Å². The minimum Gasteiger partial charge on any atom is -0.493 e. The monoisotopic (exact) mass is 291 g/mol. The van der Waals surface area contributed by atoms with Gasteiger partial charge in [0.1, 0.15) is 5.75 Å². The number of rotatable bonds is 5. The highest BCUT2D eigenvalue weighted by Crippen LogP contribution is 2.40. The molecule has 1 rings (SSSR count). The molecule has 0 saturated heterocycles. The first kappa shape index (κ1) is 18.0. The van der Waals surface area contributed by atoms with E-state index in [1.165, 1.54) is 16.7 Å². The van der Waals surface area contributed by atoms with E-state index in [-0.39, 0.29) is 10.8 Å². The zero-order chi connectivity index (χ0) is 16.3. The highest BCUT2D eigenvalue weighted by Gasteiger charge is 2.27. The Hall–Kier alpha value is -1.02. The topological polar surface area (TPSA) is 21.3 Å². The van der Waals surface area contributed by atoms with Crippen LogP contribution in [-0.4, -0.2) is 13.2 Å². The zero-order valence-electron chi connectivity index (χ0n) is 15.2. The van der Waals surface area contributed by atoms with Gasteiger partial charge in [0.25, 0.3) is 0 Å². The lowest BCUT2D eigenvalue weighted by Crippen LogP contribution is -2.21. The Labute approximate surface area is 131 Å². The Morgan fingerprint density at radius 1 is 0.905 bits per heavy atom. The number of hydrogen-bond donors (Lipinski definition) is 1. The number of nitrogens with one attached hydrogen (secondary N) is 1. The molecule has 0 bridgehead atoms. The molecule has 0 amide bonds. The van der Waals surface area contributed by atoms with Crippen molar-refractivity contribution in [1.82, 2.24) is 5.32 Å². The molecule has 0 aliphatic carbocycles. The number of hydrogen-bond acceptors (Lipinski definition) is 2. The predicted molar refractivity (Wildman–Crippen MR) is 92.4 cm³/mol. The molecule has 0 unspecified atom stereocenters. The molecule has 120 valence electrons. The first-order valence-corrected chi connectivity index (χ1v) is 8.12. The summed E-state index contributed by atoms with van der Waals surface area (Å²) in [7, 11) is 0. The summed E-state index contributed by atoms with van der Waals surface area (Å²) in [6.45, 7) is 20.4. The van der Waals surface area contributed by atoms with Gasteiger partial charge >= 0.3 is 0 Å². The van der Waals surface area contributed by atoms with Crippen molar-refractivity contribution in [3.63, 3.8) is 0 Å². The summed E-state index contributed by atoms with van der Waals surface area (Å²) in [6, 6.07) is 4.62. The molecule has 0 atom stereocenters. The molecule has 0 aromatic heterocycles. The van der Waals surface area contributed by atoms with Gasteiger partial charge in [0.15, 0.2) is 0 Å². The quantitative estimate of drug-likeness (QED) is 0.842. The highest BCUT2D eigenvalue weighted by atomic mass is 16.5. The third-order valence-corrected chi connectivity index (χ3v) is 3.63. The molecule has 0 saturated carbocycles. The van der Waals surface area contributed by atoms with Crippen LogP contribution in [0, 0.1) is 0 Å². The third-order valence-electron chi connectivity index (χ3n) is 3.63. The second-order valence-corrected chi connectivity index (χ2v) is 7.73. The zero-order valence-corrected chi connectivity index (χ0v) is 15.2. The smallest absolute Gasteiger partial charge is 0.126 e. The van der Waals surface area contributed by atoms with Crippen molar-refractivity contribution in [2.75, 3.05) is 13.2 Å². The molecule has 2 heteroatoms. The molecule has 0 radical (unpaired) electrons. The van der Waals surface area contributed by atoms with E-state index in [2.05, 4.69) is 72.8 Å². The van der Waals surface area contributed by atoms with Crippen LogP contribution in [0.25, 0.3) is 0 Å². The minimum atomic E-state index is 0.0761. The van der Waals surface area contributed by atoms with E-state index in [1.54, 1.807) is 0 Å². The average Bonchev–Trinajstić information content (AvgIpc) is 2.34. The van der Waals surface area contributed by atoms with E-state index in [0.717, 1.165) is 18.8 Å². The fourth-order valence-electron chi connectivity index (χ4n) is 2.47. The molecule has 1 aromatic carbocycles. The van der Waals surface area contributed by atoms with Gasteiger partial charge in [-0.1, -0.05) is 60.6 Å². The summed E-state index contributed by atoms with van der Waals surface area (Å²) in [4.78, 5) is 0.